The van der Waals surface area contributed by atoms with Gasteiger partial charge in [0.05, 0.1) is 23.7 Å². The molecule has 3 rings (SSSR count). The van der Waals surface area contributed by atoms with E-state index >= 15 is 0 Å². The van der Waals surface area contributed by atoms with E-state index in [0.717, 1.165) is 22.6 Å². The van der Waals surface area contributed by atoms with Gasteiger partial charge in [-0.2, -0.15) is 0 Å². The van der Waals surface area contributed by atoms with Crippen molar-refractivity contribution in [3.63, 3.8) is 0 Å². The number of benzene rings is 2. The van der Waals surface area contributed by atoms with Crippen molar-refractivity contribution >= 4 is 17.5 Å². The number of ether oxygens (including phenoxy) is 1. The maximum atomic E-state index is 12.4. The summed E-state index contributed by atoms with van der Waals surface area (Å²) in [6, 6.07) is 18.6. The van der Waals surface area contributed by atoms with Gasteiger partial charge < -0.3 is 15.4 Å². The number of nitrogens with one attached hydrogen (secondary N) is 2. The Labute approximate surface area is 176 Å². The third-order valence-electron chi connectivity index (χ3n) is 4.27. The smallest absolute Gasteiger partial charge is 0.251 e. The van der Waals surface area contributed by atoms with Crippen molar-refractivity contribution in [1.82, 2.24) is 10.3 Å². The second kappa shape index (κ2) is 9.69. The number of hydrogen-bond donors (Lipinski definition) is 2. The minimum Gasteiger partial charge on any atom is -0.491 e. The first-order valence-corrected chi connectivity index (χ1v) is 9.78. The first-order chi connectivity index (χ1) is 14.4. The number of anilines is 1. The molecular weight excluding hydrogens is 378 g/mol. The van der Waals surface area contributed by atoms with E-state index in [2.05, 4.69) is 15.6 Å². The molecule has 3 aromatic rings. The average molecular weight is 403 g/mol. The quantitative estimate of drug-likeness (QED) is 0.612. The lowest BCUT2D eigenvalue weighted by molar-refractivity contribution is -0.114. The summed E-state index contributed by atoms with van der Waals surface area (Å²) in [5.41, 5.74) is 3.88. The monoisotopic (exact) mass is 403 g/mol. The van der Waals surface area contributed by atoms with E-state index < -0.39 is 0 Å². The molecule has 6 nitrogen and oxygen atoms in total. The van der Waals surface area contributed by atoms with E-state index in [1.807, 2.05) is 56.3 Å². The van der Waals surface area contributed by atoms with E-state index in [1.54, 1.807) is 24.4 Å². The molecule has 0 aliphatic rings. The minimum absolute atomic E-state index is 0.129. The number of carbonyl (C=O) groups is 2. The molecule has 0 bridgehead atoms. The Hall–Kier alpha value is -3.67. The van der Waals surface area contributed by atoms with Gasteiger partial charge in [-0.3, -0.25) is 14.6 Å². The van der Waals surface area contributed by atoms with Gasteiger partial charge in [0.15, 0.2) is 0 Å². The summed E-state index contributed by atoms with van der Waals surface area (Å²) in [5.74, 6) is 0.534. The first-order valence-electron chi connectivity index (χ1n) is 9.78. The van der Waals surface area contributed by atoms with Crippen LogP contribution in [0.15, 0.2) is 66.9 Å². The molecule has 2 N–H and O–H groups in total. The highest BCUT2D eigenvalue weighted by molar-refractivity contribution is 5.94. The van der Waals surface area contributed by atoms with Crippen molar-refractivity contribution in [3.8, 4) is 17.0 Å². The molecule has 0 unspecified atom stereocenters. The van der Waals surface area contributed by atoms with Crippen LogP contribution in [0.3, 0.4) is 0 Å². The van der Waals surface area contributed by atoms with Crippen LogP contribution < -0.4 is 15.4 Å². The van der Waals surface area contributed by atoms with Crippen LogP contribution >= 0.6 is 0 Å². The molecule has 0 aliphatic heterocycles. The molecule has 6 heteroatoms. The summed E-state index contributed by atoms with van der Waals surface area (Å²) in [6.45, 7) is 5.86. The van der Waals surface area contributed by atoms with Crippen LogP contribution in [-0.2, 0) is 11.3 Å². The number of pyridine rings is 1. The summed E-state index contributed by atoms with van der Waals surface area (Å²) in [5, 5.41) is 5.61. The zero-order valence-corrected chi connectivity index (χ0v) is 17.3. The molecule has 0 fully saturated rings. The van der Waals surface area contributed by atoms with Crippen LogP contribution in [0.2, 0.25) is 0 Å². The second-order valence-corrected chi connectivity index (χ2v) is 7.18. The summed E-state index contributed by atoms with van der Waals surface area (Å²) in [7, 11) is 0. The Kier molecular flexibility index (Phi) is 6.80. The van der Waals surface area contributed by atoms with Gasteiger partial charge in [-0.1, -0.05) is 24.3 Å². The first kappa shape index (κ1) is 21.0. The third-order valence-corrected chi connectivity index (χ3v) is 4.27. The van der Waals surface area contributed by atoms with E-state index in [1.165, 1.54) is 6.92 Å². The van der Waals surface area contributed by atoms with Crippen LogP contribution in [0.4, 0.5) is 5.69 Å². The van der Waals surface area contributed by atoms with Crippen molar-refractivity contribution < 1.29 is 14.3 Å². The number of rotatable bonds is 7. The lowest BCUT2D eigenvalue weighted by Gasteiger charge is -2.10. The molecule has 2 aromatic carbocycles. The van der Waals surface area contributed by atoms with E-state index in [-0.39, 0.29) is 17.9 Å². The van der Waals surface area contributed by atoms with Crippen LogP contribution in [-0.4, -0.2) is 22.9 Å². The van der Waals surface area contributed by atoms with E-state index in [4.69, 9.17) is 4.74 Å². The molecule has 0 radical (unpaired) electrons. The summed E-state index contributed by atoms with van der Waals surface area (Å²) >= 11 is 0. The molecule has 154 valence electrons. The average Bonchev–Trinajstić information content (AvgIpc) is 2.73. The topological polar surface area (TPSA) is 80.3 Å². The standard InChI is InChI=1S/C24H25N3O3/c1-16(2)30-22-11-4-18(5-12-22)14-26-24(29)20-8-6-19(7-9-20)23-13-10-21(15-25-23)27-17(3)28/h4-13,15-16H,14H2,1-3H3,(H,26,29)(H,27,28). The predicted molar refractivity (Wildman–Crippen MR) is 117 cm³/mol. The fourth-order valence-electron chi connectivity index (χ4n) is 2.88. The Morgan fingerprint density at radius 2 is 1.67 bits per heavy atom. The maximum absolute atomic E-state index is 12.4. The Morgan fingerprint density at radius 3 is 2.23 bits per heavy atom. The highest BCUT2D eigenvalue weighted by Gasteiger charge is 2.07. The van der Waals surface area contributed by atoms with Gasteiger partial charge in [0, 0.05) is 24.6 Å². The SMILES string of the molecule is CC(=O)Nc1ccc(-c2ccc(C(=O)NCc3ccc(OC(C)C)cc3)cc2)nc1. The van der Waals surface area contributed by atoms with E-state index in [0.29, 0.717) is 17.8 Å². The third kappa shape index (κ3) is 5.91. The molecule has 30 heavy (non-hydrogen) atoms. The molecule has 0 saturated heterocycles. The van der Waals surface area contributed by atoms with Crippen molar-refractivity contribution in [3.05, 3.63) is 78.0 Å². The van der Waals surface area contributed by atoms with Gasteiger partial charge >= 0.3 is 0 Å². The molecule has 0 atom stereocenters. The fourth-order valence-corrected chi connectivity index (χ4v) is 2.88. The minimum atomic E-state index is -0.141. The second-order valence-electron chi connectivity index (χ2n) is 7.18. The molecule has 2 amide bonds. The van der Waals surface area contributed by atoms with Crippen molar-refractivity contribution in [1.29, 1.82) is 0 Å². The summed E-state index contributed by atoms with van der Waals surface area (Å²) in [4.78, 5) is 27.9. The van der Waals surface area contributed by atoms with E-state index in [9.17, 15) is 9.59 Å². The van der Waals surface area contributed by atoms with Crippen molar-refractivity contribution in [2.24, 2.45) is 0 Å². The highest BCUT2D eigenvalue weighted by Crippen LogP contribution is 2.19. The number of carbonyl (C=O) groups excluding carboxylic acids is 2. The molecule has 0 spiro atoms. The van der Waals surface area contributed by atoms with Gasteiger partial charge in [-0.25, -0.2) is 0 Å². The Balaban J connectivity index is 1.57. The molecule has 0 saturated carbocycles. The molecule has 0 aliphatic carbocycles. The summed E-state index contributed by atoms with van der Waals surface area (Å²) < 4.78 is 5.62. The van der Waals surface area contributed by atoms with Crippen LogP contribution in [0, 0.1) is 0 Å². The Bertz CT molecular complexity index is 995. The largest absolute Gasteiger partial charge is 0.491 e. The van der Waals surface area contributed by atoms with Gasteiger partial charge in [0.25, 0.3) is 5.91 Å². The van der Waals surface area contributed by atoms with Gasteiger partial charge in [0.1, 0.15) is 5.75 Å². The molecule has 1 aromatic heterocycles. The zero-order valence-electron chi connectivity index (χ0n) is 17.3. The van der Waals surface area contributed by atoms with Crippen molar-refractivity contribution in [2.75, 3.05) is 5.32 Å². The maximum Gasteiger partial charge on any atom is 0.251 e. The Morgan fingerprint density at radius 1 is 0.967 bits per heavy atom. The highest BCUT2D eigenvalue weighted by atomic mass is 16.5. The number of amides is 2. The normalized spacial score (nSPS) is 10.5. The van der Waals surface area contributed by atoms with Crippen LogP contribution in [0.25, 0.3) is 11.3 Å². The van der Waals surface area contributed by atoms with Gasteiger partial charge in [-0.05, 0) is 55.8 Å². The van der Waals surface area contributed by atoms with Gasteiger partial charge in [-0.15, -0.1) is 0 Å². The fraction of sp³-hybridized carbons (Fsp3) is 0.208. The van der Waals surface area contributed by atoms with Gasteiger partial charge in [0.2, 0.25) is 5.91 Å². The van der Waals surface area contributed by atoms with Crippen LogP contribution in [0.5, 0.6) is 5.75 Å². The zero-order chi connectivity index (χ0) is 21.5. The summed E-state index contributed by atoms with van der Waals surface area (Å²) in [6.07, 6.45) is 1.73. The predicted octanol–water partition coefficient (Wildman–Crippen LogP) is 4.42. The number of nitrogens with zero attached hydrogens (tertiary/aromatic N) is 1. The molecule has 1 heterocycles. The molecular formula is C24H25N3O3. The number of aromatic nitrogens is 1. The van der Waals surface area contributed by atoms with Crippen LogP contribution in [0.1, 0.15) is 36.7 Å². The van der Waals surface area contributed by atoms with Crippen molar-refractivity contribution in [2.45, 2.75) is 33.4 Å². The number of hydrogen-bond acceptors (Lipinski definition) is 4. The lowest BCUT2D eigenvalue weighted by Crippen LogP contribution is -2.22. The lowest BCUT2D eigenvalue weighted by atomic mass is 10.1.